The smallest absolute Gasteiger partial charge is 0.262 e. The van der Waals surface area contributed by atoms with E-state index in [-0.39, 0.29) is 17.0 Å². The summed E-state index contributed by atoms with van der Waals surface area (Å²) in [4.78, 5) is 12.2. The first-order valence-corrected chi connectivity index (χ1v) is 6.27. The van der Waals surface area contributed by atoms with Crippen LogP contribution >= 0.6 is 0 Å². The molecule has 2 heterocycles. The Hall–Kier alpha value is -2.57. The van der Waals surface area contributed by atoms with Crippen molar-refractivity contribution in [2.45, 2.75) is 26.9 Å². The standard InChI is InChI=1S/C13H17N5O2/c1-3-18-10(7-9(2)15-18)8-17-6-4-5-11(13(17)19)12(14)16-20/h4-7,20H,3,8H2,1-2H3,(H2,14,16). The lowest BCUT2D eigenvalue weighted by atomic mass is 10.2. The summed E-state index contributed by atoms with van der Waals surface area (Å²) < 4.78 is 3.36. The minimum Gasteiger partial charge on any atom is -0.409 e. The Morgan fingerprint density at radius 1 is 1.55 bits per heavy atom. The van der Waals surface area contributed by atoms with Gasteiger partial charge in [-0.1, -0.05) is 5.16 Å². The van der Waals surface area contributed by atoms with Gasteiger partial charge in [0.25, 0.3) is 5.56 Å². The average molecular weight is 275 g/mol. The molecule has 0 fully saturated rings. The average Bonchev–Trinajstić information content (AvgIpc) is 2.80. The van der Waals surface area contributed by atoms with Gasteiger partial charge in [-0.2, -0.15) is 5.10 Å². The van der Waals surface area contributed by atoms with E-state index >= 15 is 0 Å². The highest BCUT2D eigenvalue weighted by molar-refractivity contribution is 5.96. The second-order valence-electron chi connectivity index (χ2n) is 4.43. The molecule has 0 unspecified atom stereocenters. The van der Waals surface area contributed by atoms with E-state index in [9.17, 15) is 4.79 Å². The summed E-state index contributed by atoms with van der Waals surface area (Å²) in [6, 6.07) is 5.15. The number of oxime groups is 1. The van der Waals surface area contributed by atoms with E-state index in [0.29, 0.717) is 6.54 Å². The van der Waals surface area contributed by atoms with Crippen molar-refractivity contribution in [1.82, 2.24) is 14.3 Å². The maximum atomic E-state index is 12.2. The number of nitrogens with two attached hydrogens (primary N) is 1. The molecule has 0 spiro atoms. The number of hydrogen-bond donors (Lipinski definition) is 2. The second-order valence-corrected chi connectivity index (χ2v) is 4.43. The molecule has 0 radical (unpaired) electrons. The van der Waals surface area contributed by atoms with Crippen LogP contribution in [0.2, 0.25) is 0 Å². The number of hydrogen-bond acceptors (Lipinski definition) is 4. The van der Waals surface area contributed by atoms with Crippen molar-refractivity contribution in [2.24, 2.45) is 10.9 Å². The van der Waals surface area contributed by atoms with Gasteiger partial charge >= 0.3 is 0 Å². The fraction of sp³-hybridized carbons (Fsp3) is 0.308. The SMILES string of the molecule is CCn1nc(C)cc1Cn1cccc(/C(N)=N/O)c1=O. The lowest BCUT2D eigenvalue weighted by Crippen LogP contribution is -2.30. The summed E-state index contributed by atoms with van der Waals surface area (Å²) in [5, 5.41) is 15.9. The molecular weight excluding hydrogens is 258 g/mol. The third kappa shape index (κ3) is 2.56. The van der Waals surface area contributed by atoms with Crippen molar-refractivity contribution in [3.8, 4) is 0 Å². The first-order valence-electron chi connectivity index (χ1n) is 6.27. The quantitative estimate of drug-likeness (QED) is 0.368. The molecule has 2 aromatic rings. The summed E-state index contributed by atoms with van der Waals surface area (Å²) in [5.74, 6) is -0.190. The van der Waals surface area contributed by atoms with Crippen molar-refractivity contribution in [3.63, 3.8) is 0 Å². The molecule has 2 aromatic heterocycles. The Morgan fingerprint density at radius 2 is 2.30 bits per heavy atom. The molecule has 106 valence electrons. The van der Waals surface area contributed by atoms with Crippen LogP contribution in [-0.4, -0.2) is 25.4 Å². The van der Waals surface area contributed by atoms with E-state index in [0.717, 1.165) is 17.9 Å². The van der Waals surface area contributed by atoms with E-state index in [1.165, 1.54) is 10.6 Å². The van der Waals surface area contributed by atoms with Gasteiger partial charge in [-0.3, -0.25) is 9.48 Å². The van der Waals surface area contributed by atoms with Crippen LogP contribution in [0.15, 0.2) is 34.3 Å². The number of aryl methyl sites for hydroxylation is 2. The van der Waals surface area contributed by atoms with Crippen LogP contribution in [-0.2, 0) is 13.1 Å². The number of aromatic nitrogens is 3. The molecule has 3 N–H and O–H groups in total. The molecule has 7 nitrogen and oxygen atoms in total. The number of amidine groups is 1. The Labute approximate surface area is 115 Å². The molecular formula is C13H17N5O2. The van der Waals surface area contributed by atoms with E-state index in [1.54, 1.807) is 12.3 Å². The van der Waals surface area contributed by atoms with E-state index < -0.39 is 0 Å². The summed E-state index contributed by atoms with van der Waals surface area (Å²) in [6.45, 7) is 5.02. The molecule has 0 aliphatic carbocycles. The molecule has 0 aliphatic heterocycles. The summed E-state index contributed by atoms with van der Waals surface area (Å²) in [5.41, 5.74) is 7.20. The Bertz CT molecular complexity index is 699. The first kappa shape index (κ1) is 13.9. The van der Waals surface area contributed by atoms with Gasteiger partial charge in [-0.05, 0) is 32.0 Å². The van der Waals surface area contributed by atoms with Gasteiger partial charge in [0.2, 0.25) is 0 Å². The summed E-state index contributed by atoms with van der Waals surface area (Å²) in [7, 11) is 0. The normalized spacial score (nSPS) is 11.8. The van der Waals surface area contributed by atoms with Gasteiger partial charge in [-0.25, -0.2) is 0 Å². The van der Waals surface area contributed by atoms with Crippen LogP contribution in [0.3, 0.4) is 0 Å². The van der Waals surface area contributed by atoms with Crippen LogP contribution in [0, 0.1) is 6.92 Å². The molecule has 0 saturated heterocycles. The second kappa shape index (κ2) is 5.60. The molecule has 0 aliphatic rings. The van der Waals surface area contributed by atoms with Crippen LogP contribution in [0.5, 0.6) is 0 Å². The lowest BCUT2D eigenvalue weighted by Gasteiger charge is -2.08. The van der Waals surface area contributed by atoms with Crippen molar-refractivity contribution in [3.05, 3.63) is 51.7 Å². The molecule has 20 heavy (non-hydrogen) atoms. The van der Waals surface area contributed by atoms with Crippen LogP contribution < -0.4 is 11.3 Å². The molecule has 0 saturated carbocycles. The van der Waals surface area contributed by atoms with Gasteiger partial charge in [0.05, 0.1) is 23.5 Å². The van der Waals surface area contributed by atoms with Crippen LogP contribution in [0.25, 0.3) is 0 Å². The van der Waals surface area contributed by atoms with Gasteiger partial charge in [-0.15, -0.1) is 0 Å². The van der Waals surface area contributed by atoms with Gasteiger partial charge in [0.1, 0.15) is 0 Å². The summed E-state index contributed by atoms with van der Waals surface area (Å²) >= 11 is 0. The van der Waals surface area contributed by atoms with Gasteiger partial charge in [0.15, 0.2) is 5.84 Å². The zero-order valence-corrected chi connectivity index (χ0v) is 11.4. The van der Waals surface area contributed by atoms with Crippen LogP contribution in [0.1, 0.15) is 23.9 Å². The van der Waals surface area contributed by atoms with Crippen molar-refractivity contribution < 1.29 is 5.21 Å². The van der Waals surface area contributed by atoms with Crippen molar-refractivity contribution in [1.29, 1.82) is 0 Å². The molecule has 2 rings (SSSR count). The van der Waals surface area contributed by atoms with Crippen molar-refractivity contribution in [2.75, 3.05) is 0 Å². The van der Waals surface area contributed by atoms with Crippen molar-refractivity contribution >= 4 is 5.84 Å². The number of rotatable bonds is 4. The first-order chi connectivity index (χ1) is 9.56. The Balaban J connectivity index is 2.42. The van der Waals surface area contributed by atoms with Crippen LogP contribution in [0.4, 0.5) is 0 Å². The zero-order valence-electron chi connectivity index (χ0n) is 11.4. The van der Waals surface area contributed by atoms with E-state index in [2.05, 4.69) is 10.3 Å². The maximum Gasteiger partial charge on any atom is 0.262 e. The summed E-state index contributed by atoms with van der Waals surface area (Å²) in [6.07, 6.45) is 1.67. The number of nitrogens with zero attached hydrogens (tertiary/aromatic N) is 4. The minimum atomic E-state index is -0.302. The van der Waals surface area contributed by atoms with Gasteiger partial charge in [0, 0.05) is 12.7 Å². The highest BCUT2D eigenvalue weighted by Gasteiger charge is 2.10. The topological polar surface area (TPSA) is 98.4 Å². The van der Waals surface area contributed by atoms with E-state index in [4.69, 9.17) is 10.9 Å². The highest BCUT2D eigenvalue weighted by atomic mass is 16.4. The van der Waals surface area contributed by atoms with E-state index in [1.807, 2.05) is 24.6 Å². The molecule has 0 amide bonds. The minimum absolute atomic E-state index is 0.175. The predicted molar refractivity (Wildman–Crippen MR) is 75.0 cm³/mol. The lowest BCUT2D eigenvalue weighted by molar-refractivity contribution is 0.318. The molecule has 0 atom stereocenters. The Morgan fingerprint density at radius 3 is 2.95 bits per heavy atom. The van der Waals surface area contributed by atoms with Gasteiger partial charge < -0.3 is 15.5 Å². The predicted octanol–water partition coefficient (Wildman–Crippen LogP) is 0.516. The highest BCUT2D eigenvalue weighted by Crippen LogP contribution is 2.05. The molecule has 0 aromatic carbocycles. The third-order valence-electron chi connectivity index (χ3n) is 3.02. The zero-order chi connectivity index (χ0) is 14.7. The maximum absolute atomic E-state index is 12.2. The fourth-order valence-electron chi connectivity index (χ4n) is 2.08. The largest absolute Gasteiger partial charge is 0.409 e. The molecule has 0 bridgehead atoms. The third-order valence-corrected chi connectivity index (χ3v) is 3.02. The Kier molecular flexibility index (Phi) is 3.88. The molecule has 7 heteroatoms. The number of pyridine rings is 1. The monoisotopic (exact) mass is 275 g/mol. The fourth-order valence-corrected chi connectivity index (χ4v) is 2.08.